The summed E-state index contributed by atoms with van der Waals surface area (Å²) in [6.45, 7) is 9.31. The summed E-state index contributed by atoms with van der Waals surface area (Å²) in [5, 5.41) is 2.92. The van der Waals surface area contributed by atoms with Gasteiger partial charge in [-0.1, -0.05) is 6.07 Å². The Morgan fingerprint density at radius 1 is 1.04 bits per heavy atom. The van der Waals surface area contributed by atoms with Crippen molar-refractivity contribution in [1.82, 2.24) is 9.55 Å². The van der Waals surface area contributed by atoms with Gasteiger partial charge in [0.2, 0.25) is 11.9 Å². The topological polar surface area (TPSA) is 67.2 Å². The van der Waals surface area contributed by atoms with Crippen LogP contribution in [0.5, 0.6) is 0 Å². The molecule has 3 rings (SSSR count). The van der Waals surface area contributed by atoms with E-state index in [2.05, 4.69) is 21.3 Å². The molecular formula is C21H28N4O2. The number of amides is 1. The molecule has 1 amide bonds. The van der Waals surface area contributed by atoms with Gasteiger partial charge in [-0.3, -0.25) is 14.2 Å². The second kappa shape index (κ2) is 7.94. The van der Waals surface area contributed by atoms with E-state index in [-0.39, 0.29) is 18.0 Å². The van der Waals surface area contributed by atoms with Crippen LogP contribution in [0.4, 0.5) is 11.6 Å². The number of hydrogen-bond acceptors (Lipinski definition) is 4. The molecule has 1 aliphatic rings. The fourth-order valence-electron chi connectivity index (χ4n) is 3.61. The van der Waals surface area contributed by atoms with Crippen molar-refractivity contribution in [2.75, 3.05) is 23.3 Å². The van der Waals surface area contributed by atoms with Crippen LogP contribution < -0.4 is 15.8 Å². The Morgan fingerprint density at radius 2 is 1.67 bits per heavy atom. The highest BCUT2D eigenvalue weighted by Crippen LogP contribution is 2.19. The first kappa shape index (κ1) is 19.1. The molecule has 0 bridgehead atoms. The summed E-state index contributed by atoms with van der Waals surface area (Å²) in [4.78, 5) is 32.3. The molecule has 1 aromatic heterocycles. The van der Waals surface area contributed by atoms with E-state index in [1.807, 2.05) is 32.9 Å². The van der Waals surface area contributed by atoms with E-state index in [4.69, 9.17) is 0 Å². The molecule has 2 heterocycles. The fraction of sp³-hybridized carbons (Fsp3) is 0.476. The van der Waals surface area contributed by atoms with Gasteiger partial charge >= 0.3 is 0 Å². The minimum atomic E-state index is -0.217. The Bertz CT molecular complexity index is 891. The van der Waals surface area contributed by atoms with Gasteiger partial charge in [-0.2, -0.15) is 0 Å². The standard InChI is InChI=1S/C21H28N4O2/c1-14-10-15(2)12-18(11-14)23-19(26)13-25-20(27)16(3)17(4)22-21(25)24-8-6-5-7-9-24/h10-12H,5-9,13H2,1-4H3,(H,23,26). The molecule has 1 saturated heterocycles. The highest BCUT2D eigenvalue weighted by atomic mass is 16.2. The van der Waals surface area contributed by atoms with Crippen molar-refractivity contribution < 1.29 is 4.79 Å². The van der Waals surface area contributed by atoms with Crippen LogP contribution in [0.15, 0.2) is 23.0 Å². The predicted octanol–water partition coefficient (Wildman–Crippen LogP) is 3.11. The first-order valence-electron chi connectivity index (χ1n) is 9.56. The number of aromatic nitrogens is 2. The summed E-state index contributed by atoms with van der Waals surface area (Å²) in [5.74, 6) is 0.392. The number of anilines is 2. The lowest BCUT2D eigenvalue weighted by molar-refractivity contribution is -0.116. The van der Waals surface area contributed by atoms with Crippen LogP contribution in [0.1, 0.15) is 41.6 Å². The van der Waals surface area contributed by atoms with E-state index >= 15 is 0 Å². The maximum absolute atomic E-state index is 12.9. The van der Waals surface area contributed by atoms with E-state index in [9.17, 15) is 9.59 Å². The van der Waals surface area contributed by atoms with Gasteiger partial charge < -0.3 is 10.2 Å². The second-order valence-corrected chi connectivity index (χ2v) is 7.49. The summed E-state index contributed by atoms with van der Waals surface area (Å²) in [7, 11) is 0. The number of hydrogen-bond donors (Lipinski definition) is 1. The smallest absolute Gasteiger partial charge is 0.258 e. The largest absolute Gasteiger partial charge is 0.342 e. The molecule has 0 atom stereocenters. The molecule has 2 aromatic rings. The Balaban J connectivity index is 1.89. The van der Waals surface area contributed by atoms with E-state index < -0.39 is 0 Å². The zero-order valence-corrected chi connectivity index (χ0v) is 16.6. The molecule has 0 saturated carbocycles. The van der Waals surface area contributed by atoms with Gasteiger partial charge in [0.25, 0.3) is 5.56 Å². The van der Waals surface area contributed by atoms with Gasteiger partial charge in [0.05, 0.1) is 0 Å². The first-order valence-corrected chi connectivity index (χ1v) is 9.56. The maximum Gasteiger partial charge on any atom is 0.258 e. The van der Waals surface area contributed by atoms with Crippen molar-refractivity contribution in [3.05, 3.63) is 50.9 Å². The maximum atomic E-state index is 12.9. The fourth-order valence-corrected chi connectivity index (χ4v) is 3.61. The number of nitrogens with one attached hydrogen (secondary N) is 1. The minimum Gasteiger partial charge on any atom is -0.342 e. The molecule has 0 unspecified atom stereocenters. The van der Waals surface area contributed by atoms with Gasteiger partial charge in [0.15, 0.2) is 0 Å². The normalized spacial score (nSPS) is 14.3. The molecule has 0 radical (unpaired) electrons. The number of carbonyl (C=O) groups is 1. The summed E-state index contributed by atoms with van der Waals surface area (Å²) in [6, 6.07) is 5.91. The Hall–Kier alpha value is -2.63. The van der Waals surface area contributed by atoms with Crippen molar-refractivity contribution in [2.24, 2.45) is 0 Å². The number of piperidine rings is 1. The van der Waals surface area contributed by atoms with Crippen molar-refractivity contribution in [3.8, 4) is 0 Å². The molecular weight excluding hydrogens is 340 g/mol. The second-order valence-electron chi connectivity index (χ2n) is 7.49. The predicted molar refractivity (Wildman–Crippen MR) is 109 cm³/mol. The van der Waals surface area contributed by atoms with Crippen molar-refractivity contribution in [3.63, 3.8) is 0 Å². The van der Waals surface area contributed by atoms with Gasteiger partial charge in [0.1, 0.15) is 6.54 Å². The van der Waals surface area contributed by atoms with Crippen LogP contribution in [0, 0.1) is 27.7 Å². The molecule has 1 aromatic carbocycles. The third-order valence-electron chi connectivity index (χ3n) is 5.06. The SMILES string of the molecule is Cc1cc(C)cc(NC(=O)Cn2c(N3CCCCC3)nc(C)c(C)c2=O)c1. The molecule has 1 aliphatic heterocycles. The monoisotopic (exact) mass is 368 g/mol. The minimum absolute atomic E-state index is 0.0359. The van der Waals surface area contributed by atoms with Crippen molar-refractivity contribution >= 4 is 17.5 Å². The average Bonchev–Trinajstić information content (AvgIpc) is 2.62. The Kier molecular flexibility index (Phi) is 5.63. The van der Waals surface area contributed by atoms with E-state index in [1.54, 1.807) is 6.92 Å². The van der Waals surface area contributed by atoms with Crippen LogP contribution in [0.2, 0.25) is 0 Å². The third kappa shape index (κ3) is 4.38. The zero-order chi connectivity index (χ0) is 19.6. The quantitative estimate of drug-likeness (QED) is 0.900. The summed E-state index contributed by atoms with van der Waals surface area (Å²) >= 11 is 0. The summed E-state index contributed by atoms with van der Waals surface area (Å²) in [5.41, 5.74) is 4.11. The van der Waals surface area contributed by atoms with Crippen LogP contribution in [-0.4, -0.2) is 28.5 Å². The lowest BCUT2D eigenvalue weighted by Crippen LogP contribution is -2.39. The molecule has 6 heteroatoms. The van der Waals surface area contributed by atoms with Crippen LogP contribution in [-0.2, 0) is 11.3 Å². The average molecular weight is 368 g/mol. The molecule has 0 spiro atoms. The van der Waals surface area contributed by atoms with Gasteiger partial charge in [0, 0.05) is 30.0 Å². The highest BCUT2D eigenvalue weighted by Gasteiger charge is 2.20. The van der Waals surface area contributed by atoms with E-state index in [0.717, 1.165) is 48.4 Å². The van der Waals surface area contributed by atoms with E-state index in [1.165, 1.54) is 11.0 Å². The van der Waals surface area contributed by atoms with Crippen LogP contribution in [0.3, 0.4) is 0 Å². The molecule has 1 fully saturated rings. The summed E-state index contributed by atoms with van der Waals surface area (Å²) in [6.07, 6.45) is 3.36. The number of nitrogens with zero attached hydrogens (tertiary/aromatic N) is 3. The molecule has 27 heavy (non-hydrogen) atoms. The van der Waals surface area contributed by atoms with Crippen LogP contribution >= 0.6 is 0 Å². The Morgan fingerprint density at radius 3 is 2.30 bits per heavy atom. The molecule has 1 N–H and O–H groups in total. The van der Waals surface area contributed by atoms with Gasteiger partial charge in [-0.25, -0.2) is 4.98 Å². The third-order valence-corrected chi connectivity index (χ3v) is 5.06. The molecule has 0 aliphatic carbocycles. The zero-order valence-electron chi connectivity index (χ0n) is 16.6. The summed E-state index contributed by atoms with van der Waals surface area (Å²) < 4.78 is 1.52. The van der Waals surface area contributed by atoms with Gasteiger partial charge in [-0.15, -0.1) is 0 Å². The molecule has 144 valence electrons. The van der Waals surface area contributed by atoms with Crippen molar-refractivity contribution in [1.29, 1.82) is 0 Å². The Labute approximate surface area is 160 Å². The lowest BCUT2D eigenvalue weighted by atomic mass is 10.1. The number of aryl methyl sites for hydroxylation is 3. The highest BCUT2D eigenvalue weighted by molar-refractivity contribution is 5.91. The first-order chi connectivity index (χ1) is 12.8. The van der Waals surface area contributed by atoms with Crippen LogP contribution in [0.25, 0.3) is 0 Å². The van der Waals surface area contributed by atoms with Crippen molar-refractivity contribution in [2.45, 2.75) is 53.5 Å². The van der Waals surface area contributed by atoms with Gasteiger partial charge in [-0.05, 0) is 70.2 Å². The molecule has 6 nitrogen and oxygen atoms in total. The number of rotatable bonds is 4. The van der Waals surface area contributed by atoms with E-state index in [0.29, 0.717) is 11.5 Å². The lowest BCUT2D eigenvalue weighted by Gasteiger charge is -2.30. The number of carbonyl (C=O) groups excluding carboxylic acids is 1. The number of benzene rings is 1.